The van der Waals surface area contributed by atoms with Crippen molar-refractivity contribution in [1.29, 1.82) is 0 Å². The Hall–Kier alpha value is -1.71. The first-order valence-corrected chi connectivity index (χ1v) is 6.78. The summed E-state index contributed by atoms with van der Waals surface area (Å²) in [4.78, 5) is 0. The number of hydrogen-bond acceptors (Lipinski definition) is 3. The van der Waals surface area contributed by atoms with Crippen LogP contribution in [-0.4, -0.2) is 11.7 Å². The summed E-state index contributed by atoms with van der Waals surface area (Å²) in [6.45, 7) is -0.237. The van der Waals surface area contributed by atoms with Crippen LogP contribution in [0.25, 0.3) is 11.3 Å². The molecule has 0 aliphatic heterocycles. The molecule has 2 aromatic rings. The summed E-state index contributed by atoms with van der Waals surface area (Å²) < 4.78 is 82.3. The maximum Gasteiger partial charge on any atom is 0.416 e. The second kappa shape index (κ2) is 7.67. The van der Waals surface area contributed by atoms with Crippen molar-refractivity contribution in [2.75, 3.05) is 6.61 Å². The zero-order chi connectivity index (χ0) is 18.1. The highest BCUT2D eigenvalue weighted by Gasteiger charge is 2.37. The summed E-state index contributed by atoms with van der Waals surface area (Å²) in [5.74, 6) is -0.0139. The Kier molecular flexibility index (Phi) is 6.55. The Balaban J connectivity index is 0.00000312. The first-order valence-electron chi connectivity index (χ1n) is 6.78. The van der Waals surface area contributed by atoms with Crippen LogP contribution in [0.15, 0.2) is 34.7 Å². The lowest BCUT2D eigenvalue weighted by molar-refractivity contribution is -0.143. The molecule has 0 saturated carbocycles. The third-order valence-electron chi connectivity index (χ3n) is 3.30. The average molecular weight is 390 g/mol. The maximum atomic E-state index is 12.8. The van der Waals surface area contributed by atoms with Crippen molar-refractivity contribution < 1.29 is 35.9 Å². The molecule has 2 rings (SSSR count). The zero-order valence-corrected chi connectivity index (χ0v) is 13.3. The van der Waals surface area contributed by atoms with Gasteiger partial charge in [0, 0.05) is 12.2 Å². The first-order chi connectivity index (χ1) is 11.0. The first kappa shape index (κ1) is 21.3. The topological polar surface area (TPSA) is 59.4 Å². The van der Waals surface area contributed by atoms with Crippen LogP contribution in [0.3, 0.4) is 0 Å². The summed E-state index contributed by atoms with van der Waals surface area (Å²) in [6.07, 6.45) is -9.72. The Labute approximate surface area is 144 Å². The molecule has 0 bridgehead atoms. The van der Waals surface area contributed by atoms with Gasteiger partial charge in [0.2, 0.25) is 0 Å². The van der Waals surface area contributed by atoms with E-state index in [1.54, 1.807) is 0 Å². The van der Waals surface area contributed by atoms with E-state index in [-0.39, 0.29) is 48.6 Å². The number of hydrogen-bond donors (Lipinski definition) is 2. The molecule has 0 amide bonds. The van der Waals surface area contributed by atoms with Crippen LogP contribution in [0.1, 0.15) is 29.3 Å². The molecule has 140 valence electrons. The molecule has 0 fully saturated rings. The van der Waals surface area contributed by atoms with E-state index in [2.05, 4.69) is 0 Å². The summed E-state index contributed by atoms with van der Waals surface area (Å²) in [6, 6.07) is 3.08. The lowest BCUT2D eigenvalue weighted by Crippen LogP contribution is -2.11. The van der Waals surface area contributed by atoms with Crippen LogP contribution in [-0.2, 0) is 12.4 Å². The summed E-state index contributed by atoms with van der Waals surface area (Å²) in [7, 11) is 0. The van der Waals surface area contributed by atoms with Gasteiger partial charge in [-0.15, -0.1) is 12.4 Å². The molecule has 0 radical (unpaired) electrons. The van der Waals surface area contributed by atoms with Crippen molar-refractivity contribution in [3.8, 4) is 11.3 Å². The number of alkyl halides is 6. The lowest BCUT2D eigenvalue weighted by atomic mass is 10.0. The van der Waals surface area contributed by atoms with Gasteiger partial charge in [-0.05, 0) is 36.8 Å². The quantitative estimate of drug-likeness (QED) is 0.739. The smallest absolute Gasteiger partial charge is 0.416 e. The van der Waals surface area contributed by atoms with Gasteiger partial charge in [-0.1, -0.05) is 0 Å². The van der Waals surface area contributed by atoms with Crippen molar-refractivity contribution in [2.45, 2.75) is 24.8 Å². The molecule has 0 saturated heterocycles. The van der Waals surface area contributed by atoms with Crippen molar-refractivity contribution in [3.05, 3.63) is 47.2 Å². The van der Waals surface area contributed by atoms with Gasteiger partial charge in [0.25, 0.3) is 0 Å². The van der Waals surface area contributed by atoms with Gasteiger partial charge in [-0.2, -0.15) is 26.3 Å². The number of aliphatic hydroxyl groups excluding tert-OH is 1. The third-order valence-corrected chi connectivity index (χ3v) is 3.30. The maximum absolute atomic E-state index is 12.8. The van der Waals surface area contributed by atoms with Gasteiger partial charge >= 0.3 is 12.4 Å². The Morgan fingerprint density at radius 2 is 1.48 bits per heavy atom. The van der Waals surface area contributed by atoms with E-state index in [0.717, 1.165) is 0 Å². The van der Waals surface area contributed by atoms with Gasteiger partial charge in [-0.3, -0.25) is 0 Å². The predicted octanol–water partition coefficient (Wildman–Crippen LogP) is 4.79. The van der Waals surface area contributed by atoms with Gasteiger partial charge in [0.05, 0.1) is 17.2 Å². The fourth-order valence-electron chi connectivity index (χ4n) is 2.09. The van der Waals surface area contributed by atoms with E-state index >= 15 is 0 Å². The minimum atomic E-state index is -4.93. The molecule has 0 aliphatic carbocycles. The van der Waals surface area contributed by atoms with Crippen LogP contribution in [0.4, 0.5) is 26.3 Å². The largest absolute Gasteiger partial charge is 0.459 e. The lowest BCUT2D eigenvalue weighted by Gasteiger charge is -2.13. The zero-order valence-electron chi connectivity index (χ0n) is 12.5. The molecule has 1 aromatic carbocycles. The standard InChI is InChI=1S/C15H13F6NO2.ClH/c16-14(17,18)9-5-8(6-10(7-9)15(19,20)21)12-1-2-13(24-12)11(22)3-4-23;/h1-2,5-7,11,23H,3-4,22H2;1H. The van der Waals surface area contributed by atoms with Crippen molar-refractivity contribution in [2.24, 2.45) is 5.73 Å². The molecular formula is C15H14ClF6NO2. The van der Waals surface area contributed by atoms with Crippen LogP contribution in [0, 0.1) is 0 Å². The number of halogens is 7. The van der Waals surface area contributed by atoms with Crippen molar-refractivity contribution >= 4 is 12.4 Å². The van der Waals surface area contributed by atoms with Gasteiger partial charge in [0.1, 0.15) is 11.5 Å². The molecule has 1 atom stereocenters. The molecule has 3 N–H and O–H groups in total. The fraction of sp³-hybridized carbons (Fsp3) is 0.333. The van der Waals surface area contributed by atoms with Crippen LogP contribution >= 0.6 is 12.4 Å². The molecule has 3 nitrogen and oxygen atoms in total. The summed E-state index contributed by atoms with van der Waals surface area (Å²) >= 11 is 0. The molecule has 25 heavy (non-hydrogen) atoms. The van der Waals surface area contributed by atoms with Crippen molar-refractivity contribution in [3.63, 3.8) is 0 Å². The molecular weight excluding hydrogens is 376 g/mol. The minimum Gasteiger partial charge on any atom is -0.459 e. The highest BCUT2D eigenvalue weighted by Crippen LogP contribution is 2.39. The second-order valence-electron chi connectivity index (χ2n) is 5.12. The van der Waals surface area contributed by atoms with Crippen LogP contribution in [0.5, 0.6) is 0 Å². The Morgan fingerprint density at radius 1 is 0.960 bits per heavy atom. The number of benzene rings is 1. The molecule has 10 heteroatoms. The van der Waals surface area contributed by atoms with Crippen molar-refractivity contribution in [1.82, 2.24) is 0 Å². The number of aliphatic hydroxyl groups is 1. The Bertz CT molecular complexity index is 679. The van der Waals surface area contributed by atoms with E-state index in [1.165, 1.54) is 12.1 Å². The van der Waals surface area contributed by atoms with Crippen LogP contribution < -0.4 is 5.73 Å². The second-order valence-corrected chi connectivity index (χ2v) is 5.12. The number of furan rings is 1. The predicted molar refractivity (Wildman–Crippen MR) is 80.0 cm³/mol. The molecule has 0 aliphatic rings. The van der Waals surface area contributed by atoms with Gasteiger partial charge in [-0.25, -0.2) is 0 Å². The van der Waals surface area contributed by atoms with E-state index < -0.39 is 29.5 Å². The minimum absolute atomic E-state index is 0. The van der Waals surface area contributed by atoms with E-state index in [4.69, 9.17) is 15.3 Å². The van der Waals surface area contributed by atoms with E-state index in [1.807, 2.05) is 0 Å². The normalized spacial score (nSPS) is 13.4. The third kappa shape index (κ3) is 5.13. The summed E-state index contributed by atoms with van der Waals surface area (Å²) in [5, 5.41) is 8.80. The molecule has 1 unspecified atom stereocenters. The highest BCUT2D eigenvalue weighted by atomic mass is 35.5. The highest BCUT2D eigenvalue weighted by molar-refractivity contribution is 5.85. The SMILES string of the molecule is Cl.NC(CCO)c1ccc(-c2cc(C(F)(F)F)cc(C(F)(F)F)c2)o1. The van der Waals surface area contributed by atoms with Gasteiger partial charge in [0.15, 0.2) is 0 Å². The number of rotatable bonds is 4. The van der Waals surface area contributed by atoms with E-state index in [9.17, 15) is 26.3 Å². The van der Waals surface area contributed by atoms with Crippen LogP contribution in [0.2, 0.25) is 0 Å². The Morgan fingerprint density at radius 3 is 1.92 bits per heavy atom. The molecule has 0 spiro atoms. The molecule has 1 aromatic heterocycles. The monoisotopic (exact) mass is 389 g/mol. The van der Waals surface area contributed by atoms with Gasteiger partial charge < -0.3 is 15.3 Å². The number of nitrogens with two attached hydrogens (primary N) is 1. The fourth-order valence-corrected chi connectivity index (χ4v) is 2.09. The molecule has 1 heterocycles. The average Bonchev–Trinajstić information content (AvgIpc) is 2.95. The van der Waals surface area contributed by atoms with E-state index in [0.29, 0.717) is 12.1 Å². The summed E-state index contributed by atoms with van der Waals surface area (Å²) in [5.41, 5.74) is 2.47.